The molecule has 4 nitrogen and oxygen atoms in total. The van der Waals surface area contributed by atoms with Crippen molar-refractivity contribution in [2.45, 2.75) is 11.5 Å². The van der Waals surface area contributed by atoms with Gasteiger partial charge in [0.15, 0.2) is 9.84 Å². The number of hydrogen-bond acceptors (Lipinski definition) is 4. The number of rotatable bonds is 4. The molecule has 0 amide bonds. The molecule has 0 aliphatic rings. The molecule has 0 aromatic heterocycles. The minimum atomic E-state index is -3.52. The van der Waals surface area contributed by atoms with E-state index >= 15 is 0 Å². The molecule has 0 aliphatic carbocycles. The molecule has 0 atom stereocenters. The van der Waals surface area contributed by atoms with Crippen LogP contribution in [0.4, 0.5) is 0 Å². The van der Waals surface area contributed by atoms with Crippen molar-refractivity contribution >= 4 is 39.0 Å². The van der Waals surface area contributed by atoms with E-state index < -0.39 is 15.8 Å². The number of halogens is 2. The van der Waals surface area contributed by atoms with Gasteiger partial charge in [0, 0.05) is 11.3 Å². The monoisotopic (exact) mass is 358 g/mol. The maximum Gasteiger partial charge on any atom is 0.338 e. The number of esters is 1. The lowest BCUT2D eigenvalue weighted by atomic mass is 10.2. The topological polar surface area (TPSA) is 60.4 Å². The second kappa shape index (κ2) is 6.69. The Hall–Kier alpha value is -1.56. The quantitative estimate of drug-likeness (QED) is 0.780. The summed E-state index contributed by atoms with van der Waals surface area (Å²) in [5.74, 6) is -0.628. The third-order valence-electron chi connectivity index (χ3n) is 2.85. The maximum atomic E-state index is 12.0. The standard InChI is InChI=1S/C15H12Cl2O4S/c1-22(19,20)14-8-11(4-7-13(14)17)15(18)21-9-10-2-5-12(16)6-3-10/h2-8H,9H2,1H3. The first-order chi connectivity index (χ1) is 10.3. The van der Waals surface area contributed by atoms with E-state index in [9.17, 15) is 13.2 Å². The fraction of sp³-hybridized carbons (Fsp3) is 0.133. The van der Waals surface area contributed by atoms with E-state index in [4.69, 9.17) is 27.9 Å². The summed E-state index contributed by atoms with van der Waals surface area (Å²) in [7, 11) is -3.52. The van der Waals surface area contributed by atoms with E-state index in [-0.39, 0.29) is 22.1 Å². The Morgan fingerprint density at radius 1 is 1.09 bits per heavy atom. The van der Waals surface area contributed by atoms with Gasteiger partial charge in [0.05, 0.1) is 15.5 Å². The molecular weight excluding hydrogens is 347 g/mol. The van der Waals surface area contributed by atoms with Crippen molar-refractivity contribution in [3.63, 3.8) is 0 Å². The van der Waals surface area contributed by atoms with Crippen LogP contribution < -0.4 is 0 Å². The third kappa shape index (κ3) is 4.22. The van der Waals surface area contributed by atoms with Gasteiger partial charge in [0.1, 0.15) is 6.61 Å². The third-order valence-corrected chi connectivity index (χ3v) is 4.68. The predicted molar refractivity (Wildman–Crippen MR) is 85.1 cm³/mol. The van der Waals surface area contributed by atoms with E-state index in [0.29, 0.717) is 5.02 Å². The zero-order chi connectivity index (χ0) is 16.3. The fourth-order valence-corrected chi connectivity index (χ4v) is 3.15. The molecular formula is C15H12Cl2O4S. The summed E-state index contributed by atoms with van der Waals surface area (Å²) < 4.78 is 28.3. The zero-order valence-corrected chi connectivity index (χ0v) is 13.9. The molecule has 0 fully saturated rings. The van der Waals surface area contributed by atoms with E-state index in [0.717, 1.165) is 11.8 Å². The van der Waals surface area contributed by atoms with Crippen LogP contribution in [0.5, 0.6) is 0 Å². The molecule has 0 unspecified atom stereocenters. The zero-order valence-electron chi connectivity index (χ0n) is 11.5. The molecule has 2 rings (SSSR count). The lowest BCUT2D eigenvalue weighted by molar-refractivity contribution is 0.0472. The average molecular weight is 359 g/mol. The minimum absolute atomic E-state index is 0.0623. The normalized spacial score (nSPS) is 11.2. The van der Waals surface area contributed by atoms with Crippen molar-refractivity contribution in [2.24, 2.45) is 0 Å². The summed E-state index contributed by atoms with van der Waals surface area (Å²) in [5, 5.41) is 0.655. The number of benzene rings is 2. The molecule has 7 heteroatoms. The Balaban J connectivity index is 2.15. The molecule has 0 heterocycles. The van der Waals surface area contributed by atoms with E-state index in [2.05, 4.69) is 0 Å². The second-order valence-corrected chi connectivity index (χ2v) is 7.45. The molecule has 0 saturated heterocycles. The van der Waals surface area contributed by atoms with Gasteiger partial charge in [-0.25, -0.2) is 13.2 Å². The van der Waals surface area contributed by atoms with Crippen LogP contribution in [0, 0.1) is 0 Å². The summed E-state index contributed by atoms with van der Waals surface area (Å²) in [6.45, 7) is 0.0623. The highest BCUT2D eigenvalue weighted by Crippen LogP contribution is 2.23. The number of carbonyl (C=O) groups is 1. The van der Waals surface area contributed by atoms with Crippen molar-refractivity contribution in [3.8, 4) is 0 Å². The van der Waals surface area contributed by atoms with Crippen LogP contribution >= 0.6 is 23.2 Å². The highest BCUT2D eigenvalue weighted by atomic mass is 35.5. The van der Waals surface area contributed by atoms with Gasteiger partial charge in [-0.05, 0) is 35.9 Å². The first-order valence-electron chi connectivity index (χ1n) is 6.18. The predicted octanol–water partition coefficient (Wildman–Crippen LogP) is 3.75. The smallest absolute Gasteiger partial charge is 0.338 e. The molecule has 0 aliphatic heterocycles. The number of ether oxygens (including phenoxy) is 1. The Morgan fingerprint density at radius 3 is 2.32 bits per heavy atom. The summed E-state index contributed by atoms with van der Waals surface area (Å²) >= 11 is 11.6. The van der Waals surface area contributed by atoms with Crippen molar-refractivity contribution < 1.29 is 17.9 Å². The van der Waals surface area contributed by atoms with Crippen LogP contribution in [0.3, 0.4) is 0 Å². The Labute approximate surface area is 138 Å². The van der Waals surface area contributed by atoms with Gasteiger partial charge in [-0.2, -0.15) is 0 Å². The molecule has 22 heavy (non-hydrogen) atoms. The molecule has 0 bridgehead atoms. The molecule has 2 aromatic carbocycles. The van der Waals surface area contributed by atoms with Crippen LogP contribution in [0.2, 0.25) is 10.0 Å². The molecule has 0 radical (unpaired) electrons. The van der Waals surface area contributed by atoms with E-state index in [1.807, 2.05) is 0 Å². The van der Waals surface area contributed by atoms with Crippen LogP contribution in [0.1, 0.15) is 15.9 Å². The summed E-state index contributed by atoms with van der Waals surface area (Å²) in [4.78, 5) is 11.9. The second-order valence-electron chi connectivity index (χ2n) is 4.62. The van der Waals surface area contributed by atoms with Crippen LogP contribution in [-0.2, 0) is 21.2 Å². The van der Waals surface area contributed by atoms with Gasteiger partial charge in [0.2, 0.25) is 0 Å². The van der Waals surface area contributed by atoms with Crippen LogP contribution in [-0.4, -0.2) is 20.6 Å². The number of carbonyl (C=O) groups excluding carboxylic acids is 1. The highest BCUT2D eigenvalue weighted by molar-refractivity contribution is 7.90. The van der Waals surface area contributed by atoms with Gasteiger partial charge >= 0.3 is 5.97 Å². The number of hydrogen-bond donors (Lipinski definition) is 0. The molecule has 116 valence electrons. The average Bonchev–Trinajstić information content (AvgIpc) is 2.45. The van der Waals surface area contributed by atoms with Crippen molar-refractivity contribution in [3.05, 3.63) is 63.6 Å². The maximum absolute atomic E-state index is 12.0. The minimum Gasteiger partial charge on any atom is -0.457 e. The SMILES string of the molecule is CS(=O)(=O)c1cc(C(=O)OCc2ccc(Cl)cc2)ccc1Cl. The number of sulfone groups is 1. The highest BCUT2D eigenvalue weighted by Gasteiger charge is 2.16. The Morgan fingerprint density at radius 2 is 1.73 bits per heavy atom. The lowest BCUT2D eigenvalue weighted by Crippen LogP contribution is -2.07. The van der Waals surface area contributed by atoms with Crippen LogP contribution in [0.25, 0.3) is 0 Å². The largest absolute Gasteiger partial charge is 0.457 e. The Kier molecular flexibility index (Phi) is 5.11. The molecule has 0 N–H and O–H groups in total. The van der Waals surface area contributed by atoms with Gasteiger partial charge in [-0.1, -0.05) is 35.3 Å². The van der Waals surface area contributed by atoms with Crippen molar-refractivity contribution in [1.29, 1.82) is 0 Å². The van der Waals surface area contributed by atoms with Gasteiger partial charge in [-0.15, -0.1) is 0 Å². The molecule has 0 spiro atoms. The van der Waals surface area contributed by atoms with Crippen LogP contribution in [0.15, 0.2) is 47.4 Å². The van der Waals surface area contributed by atoms with E-state index in [1.54, 1.807) is 24.3 Å². The first-order valence-corrected chi connectivity index (χ1v) is 8.83. The first kappa shape index (κ1) is 16.8. The van der Waals surface area contributed by atoms with Gasteiger partial charge < -0.3 is 4.74 Å². The lowest BCUT2D eigenvalue weighted by Gasteiger charge is -2.07. The summed E-state index contributed by atoms with van der Waals surface area (Å²) in [5.41, 5.74) is 0.897. The summed E-state index contributed by atoms with van der Waals surface area (Å²) in [6, 6.07) is 10.8. The van der Waals surface area contributed by atoms with E-state index in [1.165, 1.54) is 18.2 Å². The van der Waals surface area contributed by atoms with Crippen molar-refractivity contribution in [2.75, 3.05) is 6.26 Å². The Bertz CT molecular complexity index is 799. The van der Waals surface area contributed by atoms with Gasteiger partial charge in [0.25, 0.3) is 0 Å². The fourth-order valence-electron chi connectivity index (χ4n) is 1.73. The molecule has 0 saturated carbocycles. The summed E-state index contributed by atoms with van der Waals surface area (Å²) in [6.07, 6.45) is 1.02. The molecule has 2 aromatic rings. The van der Waals surface area contributed by atoms with Gasteiger partial charge in [-0.3, -0.25) is 0 Å². The van der Waals surface area contributed by atoms with Crippen molar-refractivity contribution in [1.82, 2.24) is 0 Å².